The second-order valence-corrected chi connectivity index (χ2v) is 6.03. The number of carbonyl (C=O) groups is 2. The Hall–Kier alpha value is -2.84. The van der Waals surface area contributed by atoms with E-state index in [2.05, 4.69) is 10.3 Å². The van der Waals surface area contributed by atoms with Gasteiger partial charge in [-0.15, -0.1) is 0 Å². The smallest absolute Gasteiger partial charge is 0.626 e. The van der Waals surface area contributed by atoms with Crippen LogP contribution in [-0.2, 0) is 20.7 Å². The molecule has 1 aliphatic rings. The van der Waals surface area contributed by atoms with Crippen LogP contribution in [-0.4, -0.2) is 23.7 Å². The number of pyridine rings is 2. The molecule has 1 aliphatic heterocycles. The van der Waals surface area contributed by atoms with Crippen molar-refractivity contribution in [1.29, 1.82) is 0 Å². The van der Waals surface area contributed by atoms with E-state index < -0.39 is 7.04 Å². The highest BCUT2D eigenvalue weighted by Gasteiger charge is 2.45. The Kier molecular flexibility index (Phi) is 4.02. The zero-order valence-electron chi connectivity index (χ0n) is 14.0. The third kappa shape index (κ3) is 3.22. The van der Waals surface area contributed by atoms with E-state index in [1.54, 1.807) is 12.1 Å². The first-order valence-electron chi connectivity index (χ1n) is 7.71. The Morgan fingerprint density at radius 1 is 1.32 bits per heavy atom. The van der Waals surface area contributed by atoms with Crippen molar-refractivity contribution < 1.29 is 27.4 Å². The molecule has 6 nitrogen and oxygen atoms in total. The molecule has 0 saturated heterocycles. The Labute approximate surface area is 142 Å². The summed E-state index contributed by atoms with van der Waals surface area (Å²) in [4.78, 5) is 27.0. The van der Waals surface area contributed by atoms with Gasteiger partial charge in [0.1, 0.15) is 5.78 Å². The summed E-state index contributed by atoms with van der Waals surface area (Å²) in [5, 5.41) is 2.88. The van der Waals surface area contributed by atoms with Gasteiger partial charge in [0.25, 0.3) is 5.65 Å². The first-order chi connectivity index (χ1) is 11.7. The minimum atomic E-state index is -4.37. The monoisotopic (exact) mass is 347 g/mol. The topological polar surface area (TPSA) is 72.2 Å². The zero-order chi connectivity index (χ0) is 18.4. The van der Waals surface area contributed by atoms with Gasteiger partial charge in [-0.2, -0.15) is 0 Å². The van der Waals surface area contributed by atoms with E-state index in [-0.39, 0.29) is 41.0 Å². The molecule has 0 radical (unpaired) electrons. The lowest BCUT2D eigenvalue weighted by Gasteiger charge is -2.30. The predicted octanol–water partition coefficient (Wildman–Crippen LogP) is 2.23. The molecule has 0 unspecified atom stereocenters. The summed E-state index contributed by atoms with van der Waals surface area (Å²) in [5.41, 5.74) is 0.743. The molecular weight excluding hydrogens is 331 g/mol. The van der Waals surface area contributed by atoms with Crippen molar-refractivity contribution in [3.05, 3.63) is 35.2 Å². The van der Waals surface area contributed by atoms with Crippen molar-refractivity contribution in [3.63, 3.8) is 0 Å². The van der Waals surface area contributed by atoms with Gasteiger partial charge < -0.3 is 17.8 Å². The Morgan fingerprint density at radius 3 is 2.68 bits per heavy atom. The number of Topliss-reactive ketones (excluding diaryl/α,β-unsaturated/α-hetero) is 1. The fourth-order valence-corrected chi connectivity index (χ4v) is 2.94. The normalized spacial score (nSPS) is 15.2. The largest absolute Gasteiger partial charge is 0.734 e. The SMILES string of the molecule is CC(=O)Cc1cc2[n+](c3nc(NC(C)=O)ccc13)[B-](F)(F)OC(C)=C2. The minimum Gasteiger partial charge on any atom is -0.626 e. The Balaban J connectivity index is 2.35. The van der Waals surface area contributed by atoms with Gasteiger partial charge in [-0.25, -0.2) is 0 Å². The lowest BCUT2D eigenvalue weighted by Crippen LogP contribution is -2.64. The number of anilines is 1. The van der Waals surface area contributed by atoms with Gasteiger partial charge in [0, 0.05) is 25.5 Å². The zero-order valence-corrected chi connectivity index (χ0v) is 14.0. The van der Waals surface area contributed by atoms with Crippen LogP contribution in [0.2, 0.25) is 0 Å². The highest BCUT2D eigenvalue weighted by Crippen LogP contribution is 2.26. The van der Waals surface area contributed by atoms with E-state index in [4.69, 9.17) is 4.65 Å². The highest BCUT2D eigenvalue weighted by atomic mass is 19.3. The predicted molar refractivity (Wildman–Crippen MR) is 88.7 cm³/mol. The molecule has 0 spiro atoms. The van der Waals surface area contributed by atoms with Gasteiger partial charge >= 0.3 is 7.04 Å². The number of rotatable bonds is 3. The van der Waals surface area contributed by atoms with E-state index in [0.29, 0.717) is 10.9 Å². The van der Waals surface area contributed by atoms with Crippen LogP contribution >= 0.6 is 0 Å². The van der Waals surface area contributed by atoms with Crippen molar-refractivity contribution in [2.75, 3.05) is 5.32 Å². The molecule has 9 heteroatoms. The van der Waals surface area contributed by atoms with Crippen LogP contribution in [0.1, 0.15) is 32.0 Å². The third-order valence-corrected chi connectivity index (χ3v) is 3.77. The van der Waals surface area contributed by atoms with Crippen LogP contribution in [0.25, 0.3) is 17.1 Å². The molecule has 0 bridgehead atoms. The standard InChI is InChI=1S/C16H16BF2N3O3/c1-9(23)6-12-8-13-7-10(2)25-17(18,19)22(13)16-14(12)4-5-15(21-16)20-11(3)24/h4-5,7-8H,6H2,1-3H3,(H,20,21,24). The summed E-state index contributed by atoms with van der Waals surface area (Å²) in [6, 6.07) is 4.62. The third-order valence-electron chi connectivity index (χ3n) is 3.77. The lowest BCUT2D eigenvalue weighted by atomic mass is 9.95. The Bertz CT molecular complexity index is 944. The number of allylic oxidation sites excluding steroid dienone is 1. The van der Waals surface area contributed by atoms with Crippen LogP contribution in [0, 0.1) is 0 Å². The number of nitrogens with one attached hydrogen (secondary N) is 1. The first-order valence-corrected chi connectivity index (χ1v) is 7.71. The molecule has 25 heavy (non-hydrogen) atoms. The molecular formula is C16H16BF2N3O3. The van der Waals surface area contributed by atoms with Crippen molar-refractivity contribution in [2.24, 2.45) is 0 Å². The van der Waals surface area contributed by atoms with Crippen LogP contribution in [0.3, 0.4) is 0 Å². The van der Waals surface area contributed by atoms with Gasteiger partial charge in [-0.05, 0) is 36.5 Å². The summed E-state index contributed by atoms with van der Waals surface area (Å²) in [7, 11) is -4.37. The van der Waals surface area contributed by atoms with Crippen molar-refractivity contribution in [3.8, 4) is 0 Å². The average Bonchev–Trinajstić information content (AvgIpc) is 2.43. The van der Waals surface area contributed by atoms with Gasteiger partial charge in [-0.1, -0.05) is 0 Å². The number of nitrogens with zero attached hydrogens (tertiary/aromatic N) is 2. The fraction of sp³-hybridized carbons (Fsp3) is 0.250. The van der Waals surface area contributed by atoms with Gasteiger partial charge in [-0.3, -0.25) is 14.9 Å². The quantitative estimate of drug-likeness (QED) is 0.865. The fourth-order valence-electron chi connectivity index (χ4n) is 2.94. The van der Waals surface area contributed by atoms with Crippen LogP contribution in [0.5, 0.6) is 0 Å². The number of hydrogen-bond acceptors (Lipinski definition) is 4. The van der Waals surface area contributed by atoms with E-state index in [1.807, 2.05) is 0 Å². The Morgan fingerprint density at radius 2 is 2.04 bits per heavy atom. The summed E-state index contributed by atoms with van der Waals surface area (Å²) in [6.45, 7) is 4.17. The number of hydrogen-bond donors (Lipinski definition) is 1. The molecule has 0 aromatic carbocycles. The van der Waals surface area contributed by atoms with E-state index >= 15 is 0 Å². The summed E-state index contributed by atoms with van der Waals surface area (Å²) in [6.07, 6.45) is 1.56. The summed E-state index contributed by atoms with van der Waals surface area (Å²) in [5.74, 6) is -0.235. The lowest BCUT2D eigenvalue weighted by molar-refractivity contribution is -0.560. The number of carbonyl (C=O) groups excluding carboxylic acids is 2. The van der Waals surface area contributed by atoms with Gasteiger partial charge in [0.2, 0.25) is 11.7 Å². The molecule has 3 rings (SSSR count). The highest BCUT2D eigenvalue weighted by molar-refractivity contribution is 6.50. The van der Waals surface area contributed by atoms with Gasteiger partial charge in [0.05, 0.1) is 16.8 Å². The van der Waals surface area contributed by atoms with E-state index in [0.717, 1.165) is 4.48 Å². The second kappa shape index (κ2) is 5.91. The number of aromatic nitrogens is 2. The molecule has 2 aromatic rings. The number of halogens is 2. The summed E-state index contributed by atoms with van der Waals surface area (Å²) >= 11 is 0. The van der Waals surface area contributed by atoms with Crippen LogP contribution in [0.15, 0.2) is 24.0 Å². The molecule has 1 N–H and O–H groups in total. The molecule has 3 heterocycles. The average molecular weight is 347 g/mol. The molecule has 0 fully saturated rings. The van der Waals surface area contributed by atoms with Gasteiger partial charge in [0.15, 0.2) is 0 Å². The van der Waals surface area contributed by atoms with E-state index in [9.17, 15) is 18.2 Å². The maximum atomic E-state index is 14.5. The summed E-state index contributed by atoms with van der Waals surface area (Å²) < 4.78 is 34.5. The maximum Gasteiger partial charge on any atom is 0.734 e. The molecule has 1 amide bonds. The number of ketones is 1. The van der Waals surface area contributed by atoms with Crippen molar-refractivity contribution in [1.82, 2.24) is 4.98 Å². The van der Waals surface area contributed by atoms with Crippen molar-refractivity contribution in [2.45, 2.75) is 27.2 Å². The maximum absolute atomic E-state index is 14.5. The number of fused-ring (bicyclic) bond motifs is 3. The molecule has 0 saturated carbocycles. The molecule has 0 atom stereocenters. The molecule has 0 aliphatic carbocycles. The number of amides is 1. The van der Waals surface area contributed by atoms with Crippen LogP contribution in [0.4, 0.5) is 14.4 Å². The molecule has 130 valence electrons. The minimum absolute atomic E-state index is 0.0475. The van der Waals surface area contributed by atoms with Crippen LogP contribution < -0.4 is 9.79 Å². The van der Waals surface area contributed by atoms with E-state index in [1.165, 1.54) is 32.9 Å². The van der Waals surface area contributed by atoms with Crippen molar-refractivity contribution >= 4 is 41.7 Å². The first kappa shape index (κ1) is 17.0. The molecule has 2 aromatic heterocycles. The second-order valence-electron chi connectivity index (χ2n) is 6.03.